The lowest BCUT2D eigenvalue weighted by Gasteiger charge is -2.06. The third kappa shape index (κ3) is 1.95. The largest absolute Gasteiger partial charge is 0.369 e. The minimum absolute atomic E-state index is 0.336. The molecule has 0 radical (unpaired) electrons. The predicted octanol–water partition coefficient (Wildman–Crippen LogP) is 1.60. The molecule has 1 aliphatic rings. The van der Waals surface area contributed by atoms with Crippen molar-refractivity contribution in [1.82, 2.24) is 0 Å². The van der Waals surface area contributed by atoms with Gasteiger partial charge in [0.25, 0.3) is 0 Å². The minimum Gasteiger partial charge on any atom is -0.369 e. The molecule has 1 amide bonds. The van der Waals surface area contributed by atoms with Crippen LogP contribution in [0.1, 0.15) is 12.5 Å². The molecule has 0 spiro atoms. The van der Waals surface area contributed by atoms with Crippen LogP contribution < -0.4 is 11.2 Å². The average Bonchev–Trinajstić information content (AvgIpc) is 2.49. The monoisotopic (exact) mass is 215 g/mol. The van der Waals surface area contributed by atoms with E-state index < -0.39 is 0 Å². The van der Waals surface area contributed by atoms with E-state index in [0.717, 1.165) is 16.8 Å². The second kappa shape index (κ2) is 4.18. The van der Waals surface area contributed by atoms with E-state index in [2.05, 4.69) is 10.5 Å². The summed E-state index contributed by atoms with van der Waals surface area (Å²) in [5.41, 5.74) is 10.9. The maximum atomic E-state index is 11.1. The first-order chi connectivity index (χ1) is 7.68. The van der Waals surface area contributed by atoms with Crippen molar-refractivity contribution in [3.63, 3.8) is 0 Å². The highest BCUT2D eigenvalue weighted by Crippen LogP contribution is 2.22. The number of hydrogen-bond acceptors (Lipinski definition) is 3. The zero-order valence-electron chi connectivity index (χ0n) is 8.97. The number of rotatable bonds is 2. The summed E-state index contributed by atoms with van der Waals surface area (Å²) in [6.07, 6.45) is 3.56. The molecule has 0 saturated heterocycles. The van der Waals surface area contributed by atoms with E-state index in [1.807, 2.05) is 30.3 Å². The molecule has 16 heavy (non-hydrogen) atoms. The Morgan fingerprint density at radius 1 is 1.44 bits per heavy atom. The van der Waals surface area contributed by atoms with Gasteiger partial charge in [-0.15, -0.1) is 0 Å². The van der Waals surface area contributed by atoms with Crippen molar-refractivity contribution in [3.8, 4) is 0 Å². The molecule has 0 fully saturated rings. The number of nitrogens with one attached hydrogen (secondary N) is 1. The average molecular weight is 215 g/mol. The number of nitrogens with two attached hydrogens (primary N) is 1. The Bertz CT molecular complexity index is 477. The van der Waals surface area contributed by atoms with Gasteiger partial charge in [-0.05, 0) is 30.2 Å². The van der Waals surface area contributed by atoms with Crippen LogP contribution in [0.3, 0.4) is 0 Å². The van der Waals surface area contributed by atoms with E-state index in [9.17, 15) is 4.79 Å². The Balaban J connectivity index is 2.42. The summed E-state index contributed by atoms with van der Waals surface area (Å²) in [5, 5.41) is 4.05. The molecular formula is C12H13N3O. The molecule has 1 aromatic rings. The number of fused-ring (bicyclic) bond motifs is 1. The van der Waals surface area contributed by atoms with Crippen molar-refractivity contribution in [1.29, 1.82) is 0 Å². The number of hydrazone groups is 1. The van der Waals surface area contributed by atoms with E-state index in [1.54, 1.807) is 13.1 Å². The van der Waals surface area contributed by atoms with Gasteiger partial charge in [-0.25, -0.2) is 0 Å². The molecule has 0 bridgehead atoms. The molecule has 3 N–H and O–H groups in total. The van der Waals surface area contributed by atoms with E-state index in [4.69, 9.17) is 5.73 Å². The van der Waals surface area contributed by atoms with Crippen molar-refractivity contribution >= 4 is 23.9 Å². The smallest absolute Gasteiger partial charge is 0.224 e. The first-order valence-electron chi connectivity index (χ1n) is 5.07. The number of nitrogens with zero attached hydrogens (tertiary/aromatic N) is 1. The molecule has 4 heteroatoms. The van der Waals surface area contributed by atoms with E-state index in [1.165, 1.54) is 0 Å². The Morgan fingerprint density at radius 2 is 2.19 bits per heavy atom. The molecule has 1 aliphatic heterocycles. The molecule has 1 unspecified atom stereocenters. The van der Waals surface area contributed by atoms with Gasteiger partial charge in [-0.2, -0.15) is 5.10 Å². The second-order valence-electron chi connectivity index (χ2n) is 3.73. The fourth-order valence-electron chi connectivity index (χ4n) is 1.52. The van der Waals surface area contributed by atoms with Crippen molar-refractivity contribution in [2.75, 3.05) is 5.43 Å². The Hall–Kier alpha value is -2.10. The predicted molar refractivity (Wildman–Crippen MR) is 64.9 cm³/mol. The van der Waals surface area contributed by atoms with Crippen LogP contribution in [-0.2, 0) is 4.79 Å². The molecule has 1 heterocycles. The lowest BCUT2D eigenvalue weighted by atomic mass is 9.99. The summed E-state index contributed by atoms with van der Waals surface area (Å²) in [5.74, 6) is -0.686. The summed E-state index contributed by atoms with van der Waals surface area (Å²) in [7, 11) is 0. The first kappa shape index (κ1) is 10.4. The summed E-state index contributed by atoms with van der Waals surface area (Å²) in [4.78, 5) is 11.1. The summed E-state index contributed by atoms with van der Waals surface area (Å²) < 4.78 is 0. The normalized spacial score (nSPS) is 15.4. The maximum absolute atomic E-state index is 11.1. The van der Waals surface area contributed by atoms with Crippen molar-refractivity contribution < 1.29 is 4.79 Å². The minimum atomic E-state index is -0.350. The molecule has 0 aliphatic carbocycles. The van der Waals surface area contributed by atoms with Crippen LogP contribution in [0.25, 0.3) is 6.08 Å². The fourth-order valence-corrected chi connectivity index (χ4v) is 1.52. The van der Waals surface area contributed by atoms with E-state index >= 15 is 0 Å². The third-order valence-electron chi connectivity index (χ3n) is 2.61. The van der Waals surface area contributed by atoms with Crippen LogP contribution in [0.15, 0.2) is 34.9 Å². The van der Waals surface area contributed by atoms with Crippen LogP contribution in [-0.4, -0.2) is 12.1 Å². The molecule has 1 atom stereocenters. The fraction of sp³-hybridized carbons (Fsp3) is 0.167. The number of carbonyl (C=O) groups is 1. The highest BCUT2D eigenvalue weighted by atomic mass is 16.1. The second-order valence-corrected chi connectivity index (χ2v) is 3.73. The van der Waals surface area contributed by atoms with Gasteiger partial charge >= 0.3 is 0 Å². The van der Waals surface area contributed by atoms with Crippen molar-refractivity contribution in [3.05, 3.63) is 35.4 Å². The molecule has 4 nitrogen and oxygen atoms in total. The number of hydrogen-bond donors (Lipinski definition) is 2. The van der Waals surface area contributed by atoms with E-state index in [-0.39, 0.29) is 11.8 Å². The van der Waals surface area contributed by atoms with Gasteiger partial charge in [0.15, 0.2) is 0 Å². The maximum Gasteiger partial charge on any atom is 0.224 e. The number of primary amides is 1. The zero-order chi connectivity index (χ0) is 11.5. The van der Waals surface area contributed by atoms with Gasteiger partial charge in [-0.1, -0.05) is 18.2 Å². The molecule has 2 rings (SSSR count). The van der Waals surface area contributed by atoms with Crippen LogP contribution in [0.4, 0.5) is 5.69 Å². The Kier molecular flexibility index (Phi) is 2.72. The quantitative estimate of drug-likeness (QED) is 0.786. The summed E-state index contributed by atoms with van der Waals surface area (Å²) in [6.45, 7) is 1.77. The van der Waals surface area contributed by atoms with Crippen molar-refractivity contribution in [2.45, 2.75) is 6.92 Å². The van der Waals surface area contributed by atoms with Crippen LogP contribution in [0.5, 0.6) is 0 Å². The lowest BCUT2D eigenvalue weighted by Crippen LogP contribution is -2.22. The van der Waals surface area contributed by atoms with Crippen LogP contribution >= 0.6 is 0 Å². The number of carbonyl (C=O) groups excluding carboxylic acids is 1. The van der Waals surface area contributed by atoms with Crippen LogP contribution in [0, 0.1) is 5.92 Å². The number of para-hydroxylation sites is 1. The Morgan fingerprint density at radius 3 is 2.94 bits per heavy atom. The standard InChI is InChI=1S/C12H13N3O/c1-8(12(13)16)10-6-9-4-2-3-5-11(9)15-14-7-10/h2-8,15H,1H3,(H2,13,16). The lowest BCUT2D eigenvalue weighted by molar-refractivity contribution is -0.120. The number of benzene rings is 1. The van der Waals surface area contributed by atoms with Gasteiger partial charge in [0, 0.05) is 0 Å². The topological polar surface area (TPSA) is 67.5 Å². The zero-order valence-corrected chi connectivity index (χ0v) is 8.97. The summed E-state index contributed by atoms with van der Waals surface area (Å²) >= 11 is 0. The Labute approximate surface area is 93.8 Å². The van der Waals surface area contributed by atoms with Gasteiger partial charge in [0.05, 0.1) is 17.8 Å². The molecule has 1 aromatic carbocycles. The SMILES string of the molecule is CC(C(N)=O)C1=Cc2ccccc2NN=C1. The van der Waals surface area contributed by atoms with Crippen molar-refractivity contribution in [2.24, 2.45) is 16.8 Å². The highest BCUT2D eigenvalue weighted by molar-refractivity contribution is 5.97. The van der Waals surface area contributed by atoms with Gasteiger partial charge in [-0.3, -0.25) is 10.2 Å². The number of anilines is 1. The van der Waals surface area contributed by atoms with Gasteiger partial charge in [0.1, 0.15) is 0 Å². The molecule has 0 saturated carbocycles. The first-order valence-corrected chi connectivity index (χ1v) is 5.07. The third-order valence-corrected chi connectivity index (χ3v) is 2.61. The molecule has 82 valence electrons. The summed E-state index contributed by atoms with van der Waals surface area (Å²) in [6, 6.07) is 7.76. The molecular weight excluding hydrogens is 202 g/mol. The number of amides is 1. The highest BCUT2D eigenvalue weighted by Gasteiger charge is 2.15. The van der Waals surface area contributed by atoms with E-state index in [0.29, 0.717) is 0 Å². The van der Waals surface area contributed by atoms with Crippen LogP contribution in [0.2, 0.25) is 0 Å². The molecule has 0 aromatic heterocycles. The van der Waals surface area contributed by atoms with Gasteiger partial charge < -0.3 is 5.73 Å². The van der Waals surface area contributed by atoms with Gasteiger partial charge in [0.2, 0.25) is 5.91 Å².